The fraction of sp³-hybridized carbons (Fsp3) is 0.417. The van der Waals surface area contributed by atoms with Gasteiger partial charge in [0.05, 0.1) is 5.56 Å². The Morgan fingerprint density at radius 3 is 2.94 bits per heavy atom. The van der Waals surface area contributed by atoms with Gasteiger partial charge in [-0.05, 0) is 38.0 Å². The number of hydrogen-bond donors (Lipinski definition) is 1. The summed E-state index contributed by atoms with van der Waals surface area (Å²) in [6, 6.07) is 4.28. The lowest BCUT2D eigenvalue weighted by Gasteiger charge is -2.13. The van der Waals surface area contributed by atoms with Crippen LogP contribution in [0.15, 0.2) is 22.7 Å². The van der Waals surface area contributed by atoms with Crippen molar-refractivity contribution < 1.29 is 9.18 Å². The van der Waals surface area contributed by atoms with E-state index >= 15 is 0 Å². The van der Waals surface area contributed by atoms with Gasteiger partial charge in [-0.15, -0.1) is 11.6 Å². The third kappa shape index (κ3) is 4.64. The summed E-state index contributed by atoms with van der Waals surface area (Å²) in [5.74, 6) is -0.355. The average molecular weight is 323 g/mol. The molecular weight excluding hydrogens is 308 g/mol. The zero-order valence-electron chi connectivity index (χ0n) is 9.47. The normalized spacial score (nSPS) is 12.2. The molecule has 1 amide bonds. The first-order valence-electron chi connectivity index (χ1n) is 5.36. The van der Waals surface area contributed by atoms with Crippen LogP contribution >= 0.6 is 27.5 Å². The molecule has 0 saturated heterocycles. The van der Waals surface area contributed by atoms with Crippen LogP contribution in [-0.2, 0) is 0 Å². The van der Waals surface area contributed by atoms with Crippen LogP contribution in [0.3, 0.4) is 0 Å². The second-order valence-electron chi connectivity index (χ2n) is 3.83. The number of benzene rings is 1. The Morgan fingerprint density at radius 1 is 1.59 bits per heavy atom. The topological polar surface area (TPSA) is 29.1 Å². The Labute approximate surface area is 114 Å². The maximum atomic E-state index is 13.4. The van der Waals surface area contributed by atoms with Crippen LogP contribution < -0.4 is 5.32 Å². The van der Waals surface area contributed by atoms with Crippen molar-refractivity contribution in [2.45, 2.75) is 25.8 Å². The Hall–Kier alpha value is -0.610. The van der Waals surface area contributed by atoms with Gasteiger partial charge in [0.15, 0.2) is 0 Å². The smallest absolute Gasteiger partial charge is 0.254 e. The van der Waals surface area contributed by atoms with Gasteiger partial charge in [0.2, 0.25) is 0 Å². The van der Waals surface area contributed by atoms with Crippen molar-refractivity contribution in [1.29, 1.82) is 0 Å². The molecule has 1 aromatic carbocycles. The zero-order chi connectivity index (χ0) is 12.8. The maximum absolute atomic E-state index is 13.4. The van der Waals surface area contributed by atoms with E-state index in [2.05, 4.69) is 21.2 Å². The second kappa shape index (κ2) is 6.97. The first-order chi connectivity index (χ1) is 8.04. The van der Waals surface area contributed by atoms with Crippen LogP contribution in [0.4, 0.5) is 4.39 Å². The quantitative estimate of drug-likeness (QED) is 0.822. The molecule has 0 heterocycles. The van der Waals surface area contributed by atoms with Gasteiger partial charge in [0.25, 0.3) is 5.91 Å². The van der Waals surface area contributed by atoms with Gasteiger partial charge in [-0.2, -0.15) is 0 Å². The summed E-state index contributed by atoms with van der Waals surface area (Å²) in [5, 5.41) is 2.74. The van der Waals surface area contributed by atoms with Crippen molar-refractivity contribution in [1.82, 2.24) is 5.32 Å². The molecule has 1 N–H and O–H groups in total. The lowest BCUT2D eigenvalue weighted by atomic mass is 10.1. The summed E-state index contributed by atoms with van der Waals surface area (Å²) < 4.78 is 14.1. The van der Waals surface area contributed by atoms with Crippen molar-refractivity contribution in [3.8, 4) is 0 Å². The van der Waals surface area contributed by atoms with Gasteiger partial charge in [0, 0.05) is 16.4 Å². The lowest BCUT2D eigenvalue weighted by molar-refractivity contribution is 0.0934. The highest BCUT2D eigenvalue weighted by atomic mass is 79.9. The highest BCUT2D eigenvalue weighted by Crippen LogP contribution is 2.15. The molecule has 0 aliphatic heterocycles. The molecule has 0 bridgehead atoms. The third-order valence-electron chi connectivity index (χ3n) is 2.32. The Kier molecular flexibility index (Phi) is 5.92. The van der Waals surface area contributed by atoms with Gasteiger partial charge < -0.3 is 5.32 Å². The van der Waals surface area contributed by atoms with E-state index in [1.807, 2.05) is 6.92 Å². The molecule has 0 aliphatic carbocycles. The molecule has 0 spiro atoms. The molecule has 2 nitrogen and oxygen atoms in total. The second-order valence-corrected chi connectivity index (χ2v) is 5.12. The fourth-order valence-corrected chi connectivity index (χ4v) is 1.94. The fourth-order valence-electron chi connectivity index (χ4n) is 1.43. The van der Waals surface area contributed by atoms with Crippen molar-refractivity contribution >= 4 is 33.4 Å². The lowest BCUT2D eigenvalue weighted by Crippen LogP contribution is -2.33. The van der Waals surface area contributed by atoms with Crippen LogP contribution in [-0.4, -0.2) is 17.8 Å². The predicted molar refractivity (Wildman–Crippen MR) is 71.0 cm³/mol. The van der Waals surface area contributed by atoms with E-state index in [-0.39, 0.29) is 11.6 Å². The number of nitrogens with one attached hydrogen (secondary N) is 1. The van der Waals surface area contributed by atoms with E-state index in [0.29, 0.717) is 10.4 Å². The number of amides is 1. The first kappa shape index (κ1) is 14.5. The Morgan fingerprint density at radius 2 is 2.29 bits per heavy atom. The molecule has 0 fully saturated rings. The number of hydrogen-bond acceptors (Lipinski definition) is 1. The molecule has 1 aromatic rings. The molecule has 1 rings (SSSR count). The number of carbonyl (C=O) groups is 1. The molecular formula is C12H14BrClFNO. The molecule has 1 unspecified atom stereocenters. The first-order valence-corrected chi connectivity index (χ1v) is 6.69. The third-order valence-corrected chi connectivity index (χ3v) is 3.08. The SMILES string of the molecule is CC(CCCCl)NC(=O)c1cc(Br)ccc1F. The standard InChI is InChI=1S/C12H14BrClFNO/c1-8(3-2-6-14)16-12(17)10-7-9(13)4-5-11(10)15/h4-5,7-8H,2-3,6H2,1H3,(H,16,17). The van der Waals surface area contributed by atoms with Gasteiger partial charge in [-0.25, -0.2) is 4.39 Å². The van der Waals surface area contributed by atoms with E-state index in [0.717, 1.165) is 12.8 Å². The molecule has 0 saturated carbocycles. The highest BCUT2D eigenvalue weighted by molar-refractivity contribution is 9.10. The zero-order valence-corrected chi connectivity index (χ0v) is 11.8. The van der Waals surface area contributed by atoms with Gasteiger partial charge in [0.1, 0.15) is 5.82 Å². The molecule has 94 valence electrons. The van der Waals surface area contributed by atoms with E-state index in [1.165, 1.54) is 12.1 Å². The van der Waals surface area contributed by atoms with Crippen LogP contribution in [0.5, 0.6) is 0 Å². The molecule has 1 atom stereocenters. The van der Waals surface area contributed by atoms with E-state index in [9.17, 15) is 9.18 Å². The molecule has 0 radical (unpaired) electrons. The van der Waals surface area contributed by atoms with E-state index in [4.69, 9.17) is 11.6 Å². The molecule has 0 aromatic heterocycles. The minimum Gasteiger partial charge on any atom is -0.349 e. The average Bonchev–Trinajstić information content (AvgIpc) is 2.29. The van der Waals surface area contributed by atoms with Crippen LogP contribution in [0.2, 0.25) is 0 Å². The van der Waals surface area contributed by atoms with Crippen molar-refractivity contribution in [2.75, 3.05) is 5.88 Å². The minimum atomic E-state index is -0.518. The van der Waals surface area contributed by atoms with Crippen molar-refractivity contribution in [3.63, 3.8) is 0 Å². The molecule has 5 heteroatoms. The molecule has 0 aliphatic rings. The summed E-state index contributed by atoms with van der Waals surface area (Å²) in [7, 11) is 0. The van der Waals surface area contributed by atoms with Crippen molar-refractivity contribution in [3.05, 3.63) is 34.1 Å². The number of rotatable bonds is 5. The largest absolute Gasteiger partial charge is 0.349 e. The van der Waals surface area contributed by atoms with Crippen molar-refractivity contribution in [2.24, 2.45) is 0 Å². The number of carbonyl (C=O) groups excluding carboxylic acids is 1. The van der Waals surface area contributed by atoms with Gasteiger partial charge >= 0.3 is 0 Å². The Balaban J connectivity index is 2.66. The van der Waals surface area contributed by atoms with Crippen LogP contribution in [0, 0.1) is 5.82 Å². The summed E-state index contributed by atoms with van der Waals surface area (Å²) in [6.07, 6.45) is 1.61. The molecule has 17 heavy (non-hydrogen) atoms. The Bertz CT molecular complexity index is 400. The predicted octanol–water partition coefficient (Wildman–Crippen LogP) is 3.73. The van der Waals surface area contributed by atoms with Crippen LogP contribution in [0.25, 0.3) is 0 Å². The maximum Gasteiger partial charge on any atom is 0.254 e. The summed E-state index contributed by atoms with van der Waals surface area (Å²) in [4.78, 5) is 11.8. The van der Waals surface area contributed by atoms with Gasteiger partial charge in [-0.1, -0.05) is 15.9 Å². The number of halogens is 3. The van der Waals surface area contributed by atoms with E-state index < -0.39 is 11.7 Å². The van der Waals surface area contributed by atoms with E-state index in [1.54, 1.807) is 6.07 Å². The van der Waals surface area contributed by atoms with Gasteiger partial charge in [-0.3, -0.25) is 4.79 Å². The summed E-state index contributed by atoms with van der Waals surface area (Å²) >= 11 is 8.77. The summed E-state index contributed by atoms with van der Waals surface area (Å²) in [5.41, 5.74) is 0.0529. The highest BCUT2D eigenvalue weighted by Gasteiger charge is 2.14. The monoisotopic (exact) mass is 321 g/mol. The van der Waals surface area contributed by atoms with Crippen LogP contribution in [0.1, 0.15) is 30.1 Å². The number of alkyl halides is 1. The summed E-state index contributed by atoms with van der Waals surface area (Å²) in [6.45, 7) is 1.88. The minimum absolute atomic E-state index is 0.0142.